The number of fused-ring (bicyclic) bond motifs is 1. The van der Waals surface area contributed by atoms with Crippen molar-refractivity contribution in [3.8, 4) is 0 Å². The first kappa shape index (κ1) is 21.5. The lowest BCUT2D eigenvalue weighted by Gasteiger charge is -2.32. The summed E-state index contributed by atoms with van der Waals surface area (Å²) >= 11 is 0. The molecule has 1 aliphatic heterocycles. The van der Waals surface area contributed by atoms with Gasteiger partial charge in [-0.3, -0.25) is 14.4 Å². The zero-order chi connectivity index (χ0) is 22.7. The highest BCUT2D eigenvalue weighted by molar-refractivity contribution is 5.95. The summed E-state index contributed by atoms with van der Waals surface area (Å²) in [7, 11) is 1.53. The van der Waals surface area contributed by atoms with E-state index in [1.54, 1.807) is 32.8 Å². The smallest absolute Gasteiger partial charge is 0.263 e. The second-order valence-corrected chi connectivity index (χ2v) is 8.02. The van der Waals surface area contributed by atoms with Crippen LogP contribution in [0.25, 0.3) is 0 Å². The zero-order valence-electron chi connectivity index (χ0n) is 18.3. The van der Waals surface area contributed by atoms with Crippen molar-refractivity contribution in [3.05, 3.63) is 87.9 Å². The number of aromatic nitrogens is 3. The van der Waals surface area contributed by atoms with Crippen molar-refractivity contribution in [3.63, 3.8) is 0 Å². The fourth-order valence-electron chi connectivity index (χ4n) is 4.21. The Balaban J connectivity index is 1.64. The lowest BCUT2D eigenvalue weighted by atomic mass is 9.95. The number of pyridine rings is 1. The maximum absolute atomic E-state index is 13.2. The van der Waals surface area contributed by atoms with Gasteiger partial charge in [-0.25, -0.2) is 4.98 Å². The van der Waals surface area contributed by atoms with Crippen molar-refractivity contribution in [2.45, 2.75) is 38.9 Å². The minimum absolute atomic E-state index is 0.0165. The molecule has 0 spiro atoms. The molecule has 0 bridgehead atoms. The van der Waals surface area contributed by atoms with Crippen LogP contribution in [-0.4, -0.2) is 44.4 Å². The van der Waals surface area contributed by atoms with Crippen LogP contribution in [0.2, 0.25) is 0 Å². The van der Waals surface area contributed by atoms with E-state index in [9.17, 15) is 14.4 Å². The number of carbonyl (C=O) groups is 2. The fourth-order valence-corrected chi connectivity index (χ4v) is 4.21. The molecule has 0 radical (unpaired) electrons. The van der Waals surface area contributed by atoms with Gasteiger partial charge in [-0.2, -0.15) is 0 Å². The number of nitrogens with one attached hydrogen (secondary N) is 1. The van der Waals surface area contributed by atoms with E-state index in [4.69, 9.17) is 0 Å². The number of nitrogens with zero attached hydrogens (tertiary/aromatic N) is 4. The molecule has 8 nitrogen and oxygen atoms in total. The number of amides is 2. The summed E-state index contributed by atoms with van der Waals surface area (Å²) in [5.74, 6) is -0.399. The third-order valence-electron chi connectivity index (χ3n) is 6.05. The van der Waals surface area contributed by atoms with Crippen LogP contribution in [0.1, 0.15) is 40.0 Å². The molecule has 0 fully saturated rings. The summed E-state index contributed by atoms with van der Waals surface area (Å²) in [6, 6.07) is 9.54. The Morgan fingerprint density at radius 1 is 1.22 bits per heavy atom. The highest BCUT2D eigenvalue weighted by Gasteiger charge is 2.29. The van der Waals surface area contributed by atoms with Crippen molar-refractivity contribution in [1.29, 1.82) is 0 Å². The number of hydrogen-bond donors (Lipinski definition) is 1. The predicted molar refractivity (Wildman–Crippen MR) is 120 cm³/mol. The van der Waals surface area contributed by atoms with E-state index in [2.05, 4.69) is 10.3 Å². The van der Waals surface area contributed by atoms with E-state index < -0.39 is 0 Å². The van der Waals surface area contributed by atoms with Crippen molar-refractivity contribution in [2.24, 2.45) is 0 Å². The number of rotatable bonds is 6. The van der Waals surface area contributed by atoms with Crippen LogP contribution < -0.4 is 10.9 Å². The lowest BCUT2D eigenvalue weighted by Crippen LogP contribution is -2.43. The molecular formula is C24H27N5O3. The van der Waals surface area contributed by atoms with Crippen LogP contribution in [-0.2, 0) is 30.7 Å². The summed E-state index contributed by atoms with van der Waals surface area (Å²) in [5.41, 5.74) is 2.60. The van der Waals surface area contributed by atoms with Gasteiger partial charge in [0.25, 0.3) is 11.5 Å². The summed E-state index contributed by atoms with van der Waals surface area (Å²) < 4.78 is 3.37. The van der Waals surface area contributed by atoms with Crippen LogP contribution in [0.3, 0.4) is 0 Å². The molecule has 0 aliphatic carbocycles. The van der Waals surface area contributed by atoms with E-state index in [0.717, 1.165) is 16.7 Å². The van der Waals surface area contributed by atoms with E-state index in [1.807, 2.05) is 43.5 Å². The third kappa shape index (κ3) is 4.21. The summed E-state index contributed by atoms with van der Waals surface area (Å²) in [5, 5.41) is 2.60. The Bertz CT molecular complexity index is 1170. The second-order valence-electron chi connectivity index (χ2n) is 8.02. The van der Waals surface area contributed by atoms with Gasteiger partial charge in [-0.05, 0) is 36.5 Å². The van der Waals surface area contributed by atoms with E-state index in [1.165, 1.54) is 7.05 Å². The molecule has 32 heavy (non-hydrogen) atoms. The standard InChI is InChI=1S/C24H27N5O3/c1-17(29-13-10-26-16-29)23(31)27-12-9-20-19(14-27)15-28(24(32)21(20)22(30)25-2)11-8-18-6-4-3-5-7-18/h3-7,10,13,15-17H,8-9,11-12,14H2,1-2H3,(H,25,30). The van der Waals surface area contributed by atoms with Crippen LogP contribution in [0, 0.1) is 0 Å². The van der Waals surface area contributed by atoms with E-state index >= 15 is 0 Å². The van der Waals surface area contributed by atoms with Crippen LogP contribution in [0.15, 0.2) is 60.0 Å². The van der Waals surface area contributed by atoms with Gasteiger partial charge in [-0.15, -0.1) is 0 Å². The molecule has 4 rings (SSSR count). The van der Waals surface area contributed by atoms with Gasteiger partial charge in [0, 0.05) is 45.3 Å². The van der Waals surface area contributed by atoms with Crippen molar-refractivity contribution >= 4 is 11.8 Å². The summed E-state index contributed by atoms with van der Waals surface area (Å²) in [6.07, 6.45) is 8.00. The molecule has 1 N–H and O–H groups in total. The van der Waals surface area contributed by atoms with Gasteiger partial charge in [0.1, 0.15) is 11.6 Å². The summed E-state index contributed by atoms with van der Waals surface area (Å²) in [6.45, 7) is 3.13. The Hall–Kier alpha value is -3.68. The predicted octanol–water partition coefficient (Wildman–Crippen LogP) is 1.79. The maximum atomic E-state index is 13.2. The Morgan fingerprint density at radius 3 is 2.69 bits per heavy atom. The van der Waals surface area contributed by atoms with Gasteiger partial charge in [0.15, 0.2) is 0 Å². The minimum atomic E-state index is -0.383. The molecule has 0 saturated carbocycles. The molecule has 1 unspecified atom stereocenters. The number of imidazole rings is 1. The molecular weight excluding hydrogens is 406 g/mol. The number of aryl methyl sites for hydroxylation is 2. The lowest BCUT2D eigenvalue weighted by molar-refractivity contribution is -0.135. The molecule has 166 valence electrons. The Kier molecular flexibility index (Phi) is 6.20. The van der Waals surface area contributed by atoms with Crippen LogP contribution in [0.5, 0.6) is 0 Å². The van der Waals surface area contributed by atoms with Crippen LogP contribution >= 0.6 is 0 Å². The zero-order valence-corrected chi connectivity index (χ0v) is 18.3. The van der Waals surface area contributed by atoms with Gasteiger partial charge in [0.2, 0.25) is 5.91 Å². The Labute approximate surface area is 186 Å². The van der Waals surface area contributed by atoms with Gasteiger partial charge in [-0.1, -0.05) is 30.3 Å². The van der Waals surface area contributed by atoms with Crippen molar-refractivity contribution in [2.75, 3.05) is 13.6 Å². The number of hydrogen-bond acceptors (Lipinski definition) is 4. The highest BCUT2D eigenvalue weighted by atomic mass is 16.2. The molecule has 1 aromatic carbocycles. The number of carbonyl (C=O) groups excluding carboxylic acids is 2. The minimum Gasteiger partial charge on any atom is -0.355 e. The topological polar surface area (TPSA) is 89.2 Å². The van der Waals surface area contributed by atoms with E-state index in [-0.39, 0.29) is 29.0 Å². The van der Waals surface area contributed by atoms with Crippen LogP contribution in [0.4, 0.5) is 0 Å². The molecule has 1 aliphatic rings. The maximum Gasteiger partial charge on any atom is 0.263 e. The SMILES string of the molecule is CNC(=O)c1c2c(cn(CCc3ccccc3)c1=O)CN(C(=O)C(C)n1ccnc1)CC2. The van der Waals surface area contributed by atoms with Crippen molar-refractivity contribution in [1.82, 2.24) is 24.3 Å². The summed E-state index contributed by atoms with van der Waals surface area (Å²) in [4.78, 5) is 44.6. The first-order valence-electron chi connectivity index (χ1n) is 10.8. The second kappa shape index (κ2) is 9.21. The molecule has 0 saturated heterocycles. The first-order valence-corrected chi connectivity index (χ1v) is 10.8. The fraction of sp³-hybridized carbons (Fsp3) is 0.333. The van der Waals surface area contributed by atoms with Gasteiger partial charge >= 0.3 is 0 Å². The molecule has 3 heterocycles. The third-order valence-corrected chi connectivity index (χ3v) is 6.05. The monoisotopic (exact) mass is 433 g/mol. The molecule has 1 atom stereocenters. The average Bonchev–Trinajstić information content (AvgIpc) is 3.37. The molecule has 8 heteroatoms. The molecule has 2 aromatic heterocycles. The average molecular weight is 434 g/mol. The Morgan fingerprint density at radius 2 is 2.00 bits per heavy atom. The number of benzene rings is 1. The highest BCUT2D eigenvalue weighted by Crippen LogP contribution is 2.23. The molecule has 2 amide bonds. The van der Waals surface area contributed by atoms with Gasteiger partial charge in [0.05, 0.1) is 6.33 Å². The van der Waals surface area contributed by atoms with Gasteiger partial charge < -0.3 is 19.4 Å². The quantitative estimate of drug-likeness (QED) is 0.642. The normalized spacial score (nSPS) is 14.0. The van der Waals surface area contributed by atoms with E-state index in [0.29, 0.717) is 32.5 Å². The largest absolute Gasteiger partial charge is 0.355 e. The first-order chi connectivity index (χ1) is 15.5. The van der Waals surface area contributed by atoms with Crippen molar-refractivity contribution < 1.29 is 9.59 Å². The molecule has 3 aromatic rings.